The molecule has 1 saturated heterocycles. The van der Waals surface area contributed by atoms with Gasteiger partial charge in [-0.3, -0.25) is 0 Å². The van der Waals surface area contributed by atoms with Crippen LogP contribution in [-0.2, 0) is 9.31 Å². The molecule has 0 spiro atoms. The Labute approximate surface area is 97.5 Å². The standard InChI is InChI=1S/C2HBF3O3.K/c4-1-2(5,6)9-3(7)8-1;/h1H;/q-1;+1. The van der Waals surface area contributed by atoms with Crippen molar-refractivity contribution in [2.75, 3.05) is 0 Å². The summed E-state index contributed by atoms with van der Waals surface area (Å²) in [5.41, 5.74) is 0. The summed E-state index contributed by atoms with van der Waals surface area (Å²) >= 11 is 0. The van der Waals surface area contributed by atoms with Gasteiger partial charge in [0.1, 0.15) is 0 Å². The SMILES string of the molecule is [K+].[O-]B1OC(F)C(F)(F)O1. The summed E-state index contributed by atoms with van der Waals surface area (Å²) in [5, 5.41) is 9.79. The third-order valence-electron chi connectivity index (χ3n) is 0.748. The molecule has 1 rings (SSSR count). The quantitative estimate of drug-likeness (QED) is 0.360. The van der Waals surface area contributed by atoms with Crippen LogP contribution in [0.25, 0.3) is 0 Å². The van der Waals surface area contributed by atoms with Gasteiger partial charge in [-0.2, -0.15) is 8.78 Å². The van der Waals surface area contributed by atoms with Gasteiger partial charge in [0.15, 0.2) is 0 Å². The maximum absolute atomic E-state index is 11.7. The average Bonchev–Trinajstić information content (AvgIpc) is 1.79. The summed E-state index contributed by atoms with van der Waals surface area (Å²) in [4.78, 5) is 0. The molecule has 0 radical (unpaired) electrons. The number of rotatable bonds is 0. The van der Waals surface area contributed by atoms with E-state index in [1.807, 2.05) is 0 Å². The molecule has 0 aliphatic carbocycles. The van der Waals surface area contributed by atoms with E-state index in [-0.39, 0.29) is 51.4 Å². The molecule has 0 N–H and O–H groups in total. The van der Waals surface area contributed by atoms with Gasteiger partial charge in [-0.1, -0.05) is 0 Å². The zero-order valence-electron chi connectivity index (χ0n) is 5.01. The van der Waals surface area contributed by atoms with Crippen molar-refractivity contribution in [2.45, 2.75) is 12.5 Å². The molecule has 1 unspecified atom stereocenters. The fourth-order valence-electron chi connectivity index (χ4n) is 0.386. The van der Waals surface area contributed by atoms with Crippen LogP contribution in [0.2, 0.25) is 0 Å². The van der Waals surface area contributed by atoms with Gasteiger partial charge >= 0.3 is 64.8 Å². The van der Waals surface area contributed by atoms with Gasteiger partial charge in [0, 0.05) is 0 Å². The second-order valence-corrected chi connectivity index (χ2v) is 1.42. The van der Waals surface area contributed by atoms with Crippen molar-refractivity contribution in [3.63, 3.8) is 0 Å². The Balaban J connectivity index is 0.000000810. The van der Waals surface area contributed by atoms with Crippen LogP contribution in [0.3, 0.4) is 0 Å². The Hall–Kier alpha value is 1.37. The smallest absolute Gasteiger partial charge is 0.832 e. The fraction of sp³-hybridized carbons (Fsp3) is 1.00. The molecule has 0 aromatic heterocycles. The van der Waals surface area contributed by atoms with E-state index in [1.54, 1.807) is 0 Å². The van der Waals surface area contributed by atoms with E-state index in [4.69, 9.17) is 0 Å². The topological polar surface area (TPSA) is 41.5 Å². The van der Waals surface area contributed by atoms with Gasteiger partial charge in [-0.05, 0) is 0 Å². The molecule has 10 heavy (non-hydrogen) atoms. The molecule has 0 saturated carbocycles. The Morgan fingerprint density at radius 1 is 1.50 bits per heavy atom. The monoisotopic (exact) mass is 180 g/mol. The van der Waals surface area contributed by atoms with Crippen LogP contribution in [0.1, 0.15) is 0 Å². The van der Waals surface area contributed by atoms with Gasteiger partial charge in [-0.25, -0.2) is 4.39 Å². The van der Waals surface area contributed by atoms with E-state index in [0.29, 0.717) is 0 Å². The van der Waals surface area contributed by atoms with Crippen LogP contribution in [0.4, 0.5) is 13.2 Å². The summed E-state index contributed by atoms with van der Waals surface area (Å²) < 4.78 is 41.5. The van der Waals surface area contributed by atoms with E-state index in [0.717, 1.165) is 0 Å². The third kappa shape index (κ3) is 2.45. The first-order chi connectivity index (χ1) is 4.02. The van der Waals surface area contributed by atoms with Gasteiger partial charge in [0.2, 0.25) is 0 Å². The van der Waals surface area contributed by atoms with Crippen molar-refractivity contribution >= 4 is 7.32 Å². The second-order valence-electron chi connectivity index (χ2n) is 1.42. The zero-order chi connectivity index (χ0) is 7.07. The molecular formula is C2HBF3KO3. The molecule has 0 aromatic carbocycles. The van der Waals surface area contributed by atoms with E-state index >= 15 is 0 Å². The predicted molar refractivity (Wildman–Crippen MR) is 17.8 cm³/mol. The van der Waals surface area contributed by atoms with Crippen molar-refractivity contribution in [1.82, 2.24) is 0 Å². The van der Waals surface area contributed by atoms with Gasteiger partial charge < -0.3 is 14.3 Å². The third-order valence-corrected chi connectivity index (χ3v) is 0.748. The molecule has 52 valence electrons. The first-order valence-corrected chi connectivity index (χ1v) is 2.03. The number of alkyl halides is 3. The van der Waals surface area contributed by atoms with Crippen molar-refractivity contribution in [3.05, 3.63) is 0 Å². The predicted octanol–water partition coefficient (Wildman–Crippen LogP) is -3.73. The summed E-state index contributed by atoms with van der Waals surface area (Å²) in [6.07, 6.45) is -7.01. The molecule has 1 fully saturated rings. The minimum Gasteiger partial charge on any atom is -0.832 e. The van der Waals surface area contributed by atoms with E-state index in [9.17, 15) is 18.2 Å². The maximum Gasteiger partial charge on any atom is 1.00 e. The Morgan fingerprint density at radius 2 is 2.00 bits per heavy atom. The van der Waals surface area contributed by atoms with Crippen LogP contribution >= 0.6 is 0 Å². The molecule has 1 aliphatic heterocycles. The zero-order valence-corrected chi connectivity index (χ0v) is 8.14. The van der Waals surface area contributed by atoms with Crippen LogP contribution in [0, 0.1) is 0 Å². The van der Waals surface area contributed by atoms with Crippen molar-refractivity contribution < 1.29 is 78.9 Å². The molecule has 1 aliphatic rings. The molecule has 0 aromatic rings. The number of halogens is 3. The molecule has 0 bridgehead atoms. The molecule has 3 nitrogen and oxygen atoms in total. The van der Waals surface area contributed by atoms with E-state index < -0.39 is 19.8 Å². The Kier molecular flexibility index (Phi) is 4.38. The van der Waals surface area contributed by atoms with Crippen molar-refractivity contribution in [1.29, 1.82) is 0 Å². The largest absolute Gasteiger partial charge is 1.00 e. The van der Waals surface area contributed by atoms with Gasteiger partial charge in [0.25, 0.3) is 6.36 Å². The maximum atomic E-state index is 11.7. The van der Waals surface area contributed by atoms with E-state index in [2.05, 4.69) is 9.31 Å². The Morgan fingerprint density at radius 3 is 2.10 bits per heavy atom. The molecule has 0 amide bonds. The molecule has 1 atom stereocenters. The van der Waals surface area contributed by atoms with Gasteiger partial charge in [0.05, 0.1) is 0 Å². The van der Waals surface area contributed by atoms with Crippen LogP contribution < -0.4 is 56.4 Å². The summed E-state index contributed by atoms with van der Waals surface area (Å²) in [7, 11) is -2.41. The molecule has 8 heteroatoms. The fourth-order valence-corrected chi connectivity index (χ4v) is 0.386. The van der Waals surface area contributed by atoms with Crippen molar-refractivity contribution in [3.8, 4) is 0 Å². The second kappa shape index (κ2) is 3.85. The van der Waals surface area contributed by atoms with Gasteiger partial charge in [-0.15, -0.1) is 0 Å². The summed E-state index contributed by atoms with van der Waals surface area (Å²) in [6, 6.07) is 0. The molecular weight excluding hydrogens is 179 g/mol. The summed E-state index contributed by atoms with van der Waals surface area (Å²) in [5.74, 6) is 0. The van der Waals surface area contributed by atoms with Crippen LogP contribution in [0.5, 0.6) is 0 Å². The minimum absolute atomic E-state index is 0. The number of hydrogen-bond acceptors (Lipinski definition) is 3. The first-order valence-electron chi connectivity index (χ1n) is 2.03. The van der Waals surface area contributed by atoms with E-state index in [1.165, 1.54) is 0 Å². The Bertz CT molecular complexity index is 124. The summed E-state index contributed by atoms with van der Waals surface area (Å²) in [6.45, 7) is 0. The van der Waals surface area contributed by atoms with Crippen molar-refractivity contribution in [2.24, 2.45) is 0 Å². The first kappa shape index (κ1) is 11.4. The number of hydrogen-bond donors (Lipinski definition) is 0. The molecule has 1 heterocycles. The van der Waals surface area contributed by atoms with Crippen LogP contribution in [-0.4, -0.2) is 19.8 Å². The average molecular weight is 180 g/mol. The normalized spacial score (nSPS) is 30.0. The van der Waals surface area contributed by atoms with Crippen LogP contribution in [0.15, 0.2) is 0 Å². The minimum atomic E-state index is -4.08.